The Bertz CT molecular complexity index is 235. The fraction of sp³-hybridized carbons (Fsp3) is 0.167. The molecule has 1 aromatic heterocycles. The van der Waals surface area contributed by atoms with Crippen LogP contribution < -0.4 is 5.73 Å². The quantitative estimate of drug-likeness (QED) is 0.588. The molecule has 0 radical (unpaired) electrons. The molecule has 0 aliphatic rings. The number of nitrogen functional groups attached to an aromatic ring is 1. The highest BCUT2D eigenvalue weighted by atomic mass is 35.5. The molecule has 2 nitrogen and oxygen atoms in total. The third-order valence-electron chi connectivity index (χ3n) is 1.26. The lowest BCUT2D eigenvalue weighted by molar-refractivity contribution is 0.625. The van der Waals surface area contributed by atoms with Crippen molar-refractivity contribution in [2.24, 2.45) is 0 Å². The predicted octanol–water partition coefficient (Wildman–Crippen LogP) is 1.76. The van der Waals surface area contributed by atoms with Crippen LogP contribution in [0, 0.1) is 12.7 Å². The van der Waals surface area contributed by atoms with Crippen LogP contribution in [0.1, 0.15) is 5.56 Å². The van der Waals surface area contributed by atoms with Gasteiger partial charge in [-0.1, -0.05) is 11.6 Å². The van der Waals surface area contributed by atoms with Gasteiger partial charge in [0.1, 0.15) is 5.15 Å². The molecule has 0 amide bonds. The van der Waals surface area contributed by atoms with E-state index >= 15 is 0 Å². The first-order chi connectivity index (χ1) is 4.63. The zero-order chi connectivity index (χ0) is 7.72. The lowest BCUT2D eigenvalue weighted by Crippen LogP contribution is -1.96. The van der Waals surface area contributed by atoms with E-state index in [4.69, 9.17) is 17.3 Å². The van der Waals surface area contributed by atoms with E-state index in [-0.39, 0.29) is 10.8 Å². The molecule has 0 saturated carbocycles. The van der Waals surface area contributed by atoms with Gasteiger partial charge in [-0.3, -0.25) is 0 Å². The highest BCUT2D eigenvalue weighted by Gasteiger charge is 2.04. The van der Waals surface area contributed by atoms with Gasteiger partial charge in [0, 0.05) is 5.56 Å². The van der Waals surface area contributed by atoms with E-state index in [1.165, 1.54) is 0 Å². The van der Waals surface area contributed by atoms with Crippen LogP contribution in [0.15, 0.2) is 6.20 Å². The zero-order valence-electron chi connectivity index (χ0n) is 5.36. The highest BCUT2D eigenvalue weighted by molar-refractivity contribution is 6.30. The molecule has 0 spiro atoms. The van der Waals surface area contributed by atoms with Crippen LogP contribution in [0.25, 0.3) is 0 Å². The molecule has 2 N–H and O–H groups in total. The molecule has 0 aromatic carbocycles. The summed E-state index contributed by atoms with van der Waals surface area (Å²) < 4.78 is 12.5. The van der Waals surface area contributed by atoms with Crippen molar-refractivity contribution in [1.82, 2.24) is 4.98 Å². The van der Waals surface area contributed by atoms with Gasteiger partial charge in [0.05, 0.1) is 11.9 Å². The fourth-order valence-electron chi connectivity index (χ4n) is 0.570. The largest absolute Gasteiger partial charge is 0.396 e. The zero-order valence-corrected chi connectivity index (χ0v) is 6.11. The standard InChI is InChI=1S/C6H6ClFN2/c1-3-5(9)4(8)2-10-6(3)7/h2H,1H3,(H2,9,10). The second-order valence-corrected chi connectivity index (χ2v) is 2.29. The predicted molar refractivity (Wildman–Crippen MR) is 38.4 cm³/mol. The number of hydrogen-bond donors (Lipinski definition) is 1. The molecule has 4 heteroatoms. The van der Waals surface area contributed by atoms with Crippen molar-refractivity contribution < 1.29 is 4.39 Å². The number of pyridine rings is 1. The smallest absolute Gasteiger partial charge is 0.164 e. The van der Waals surface area contributed by atoms with Crippen LogP contribution in [0.3, 0.4) is 0 Å². The molecular formula is C6H6ClFN2. The molecule has 1 rings (SSSR count). The van der Waals surface area contributed by atoms with Gasteiger partial charge in [0.15, 0.2) is 5.82 Å². The average Bonchev–Trinajstić information content (AvgIpc) is 1.93. The third kappa shape index (κ3) is 1.04. The van der Waals surface area contributed by atoms with E-state index in [0.29, 0.717) is 5.56 Å². The Morgan fingerprint density at radius 2 is 2.30 bits per heavy atom. The molecular weight excluding hydrogens is 155 g/mol. The van der Waals surface area contributed by atoms with Crippen molar-refractivity contribution in [2.75, 3.05) is 5.73 Å². The maximum absolute atomic E-state index is 12.5. The summed E-state index contributed by atoms with van der Waals surface area (Å²) in [6, 6.07) is 0. The number of aromatic nitrogens is 1. The average molecular weight is 161 g/mol. The van der Waals surface area contributed by atoms with Gasteiger partial charge in [-0.05, 0) is 6.92 Å². The normalized spacial score (nSPS) is 9.90. The summed E-state index contributed by atoms with van der Waals surface area (Å²) in [5.74, 6) is -0.526. The van der Waals surface area contributed by atoms with Gasteiger partial charge in [-0.2, -0.15) is 0 Å². The molecule has 0 aliphatic carbocycles. The first-order valence-electron chi connectivity index (χ1n) is 2.69. The number of hydrogen-bond acceptors (Lipinski definition) is 2. The van der Waals surface area contributed by atoms with E-state index < -0.39 is 5.82 Å². The third-order valence-corrected chi connectivity index (χ3v) is 1.64. The first-order valence-corrected chi connectivity index (χ1v) is 3.07. The second kappa shape index (κ2) is 2.42. The van der Waals surface area contributed by atoms with Crippen LogP contribution in [-0.2, 0) is 0 Å². The molecule has 0 atom stereocenters. The van der Waals surface area contributed by atoms with Crippen molar-refractivity contribution in [3.8, 4) is 0 Å². The molecule has 1 aromatic rings. The number of halogens is 2. The summed E-state index contributed by atoms with van der Waals surface area (Å²) in [5, 5.41) is 0.249. The van der Waals surface area contributed by atoms with Gasteiger partial charge in [-0.15, -0.1) is 0 Å². The second-order valence-electron chi connectivity index (χ2n) is 1.94. The highest BCUT2D eigenvalue weighted by Crippen LogP contribution is 2.20. The minimum Gasteiger partial charge on any atom is -0.396 e. The van der Waals surface area contributed by atoms with Gasteiger partial charge in [0.2, 0.25) is 0 Å². The van der Waals surface area contributed by atoms with Crippen molar-refractivity contribution in [3.63, 3.8) is 0 Å². The molecule has 0 bridgehead atoms. The molecule has 54 valence electrons. The molecule has 0 saturated heterocycles. The lowest BCUT2D eigenvalue weighted by Gasteiger charge is -2.00. The number of nitrogens with zero attached hydrogens (tertiary/aromatic N) is 1. The Morgan fingerprint density at radius 3 is 2.80 bits per heavy atom. The van der Waals surface area contributed by atoms with Crippen LogP contribution in [-0.4, -0.2) is 4.98 Å². The number of nitrogens with two attached hydrogens (primary N) is 1. The molecule has 1 heterocycles. The Balaban J connectivity index is 3.34. The first kappa shape index (κ1) is 7.28. The molecule has 0 aliphatic heterocycles. The van der Waals surface area contributed by atoms with Crippen molar-refractivity contribution in [3.05, 3.63) is 22.7 Å². The molecule has 0 unspecified atom stereocenters. The Hall–Kier alpha value is -0.830. The Labute approximate surface area is 62.8 Å². The maximum atomic E-state index is 12.5. The molecule has 0 fully saturated rings. The van der Waals surface area contributed by atoms with Crippen molar-refractivity contribution >= 4 is 17.3 Å². The van der Waals surface area contributed by atoms with Gasteiger partial charge >= 0.3 is 0 Å². The Kier molecular flexibility index (Phi) is 1.76. The summed E-state index contributed by atoms with van der Waals surface area (Å²) >= 11 is 5.53. The summed E-state index contributed by atoms with van der Waals surface area (Å²) in [7, 11) is 0. The topological polar surface area (TPSA) is 38.9 Å². The summed E-state index contributed by atoms with van der Waals surface area (Å²) in [6.45, 7) is 1.62. The van der Waals surface area contributed by atoms with Crippen LogP contribution >= 0.6 is 11.6 Å². The van der Waals surface area contributed by atoms with E-state index in [9.17, 15) is 4.39 Å². The number of anilines is 1. The SMILES string of the molecule is Cc1c(Cl)ncc(F)c1N. The summed E-state index contributed by atoms with van der Waals surface area (Å²) in [6.07, 6.45) is 1.00. The lowest BCUT2D eigenvalue weighted by atomic mass is 10.2. The van der Waals surface area contributed by atoms with E-state index in [1.54, 1.807) is 6.92 Å². The van der Waals surface area contributed by atoms with E-state index in [1.807, 2.05) is 0 Å². The van der Waals surface area contributed by atoms with Crippen molar-refractivity contribution in [1.29, 1.82) is 0 Å². The summed E-state index contributed by atoms with van der Waals surface area (Å²) in [5.41, 5.74) is 5.84. The monoisotopic (exact) mass is 160 g/mol. The minimum atomic E-state index is -0.526. The fourth-order valence-corrected chi connectivity index (χ4v) is 0.721. The van der Waals surface area contributed by atoms with E-state index in [0.717, 1.165) is 6.20 Å². The van der Waals surface area contributed by atoms with Gasteiger partial charge < -0.3 is 5.73 Å². The summed E-state index contributed by atoms with van der Waals surface area (Å²) in [4.78, 5) is 3.55. The van der Waals surface area contributed by atoms with Gasteiger partial charge in [0.25, 0.3) is 0 Å². The molecule has 10 heavy (non-hydrogen) atoms. The van der Waals surface area contributed by atoms with Crippen LogP contribution in [0.4, 0.5) is 10.1 Å². The van der Waals surface area contributed by atoms with Crippen LogP contribution in [0.2, 0.25) is 5.15 Å². The van der Waals surface area contributed by atoms with Gasteiger partial charge in [-0.25, -0.2) is 9.37 Å². The van der Waals surface area contributed by atoms with E-state index in [2.05, 4.69) is 4.98 Å². The number of rotatable bonds is 0. The van der Waals surface area contributed by atoms with Crippen LogP contribution in [0.5, 0.6) is 0 Å². The Morgan fingerprint density at radius 1 is 1.70 bits per heavy atom. The van der Waals surface area contributed by atoms with Crippen molar-refractivity contribution in [2.45, 2.75) is 6.92 Å². The minimum absolute atomic E-state index is 0.0694. The maximum Gasteiger partial charge on any atom is 0.164 e.